The Morgan fingerprint density at radius 3 is 2.39 bits per heavy atom. The summed E-state index contributed by atoms with van der Waals surface area (Å²) in [6, 6.07) is 9.39. The van der Waals surface area contributed by atoms with Crippen molar-refractivity contribution in [3.8, 4) is 5.69 Å². The van der Waals surface area contributed by atoms with Gasteiger partial charge in [-0.1, -0.05) is 11.6 Å². The molecule has 1 heterocycles. The highest BCUT2D eigenvalue weighted by Crippen LogP contribution is 2.22. The van der Waals surface area contributed by atoms with Gasteiger partial charge in [0.15, 0.2) is 5.78 Å². The van der Waals surface area contributed by atoms with Gasteiger partial charge in [-0.2, -0.15) is 0 Å². The number of Topliss-reactive ketones (excluding diaryl/α,β-unsaturated/α-hetero) is 1. The molecular formula is C14H13Cl2NO. The zero-order valence-corrected chi connectivity index (χ0v) is 11.7. The molecule has 0 aliphatic rings. The zero-order chi connectivity index (χ0) is 13.3. The molecule has 0 radical (unpaired) electrons. The number of alkyl halides is 1. The molecule has 0 aliphatic heterocycles. The monoisotopic (exact) mass is 281 g/mol. The quantitative estimate of drug-likeness (QED) is 0.611. The van der Waals surface area contributed by atoms with E-state index in [1.165, 1.54) is 0 Å². The largest absolute Gasteiger partial charge is 0.318 e. The van der Waals surface area contributed by atoms with Gasteiger partial charge >= 0.3 is 0 Å². The molecule has 0 saturated heterocycles. The Kier molecular flexibility index (Phi) is 3.79. The van der Waals surface area contributed by atoms with Gasteiger partial charge in [-0.25, -0.2) is 0 Å². The lowest BCUT2D eigenvalue weighted by Crippen LogP contribution is -2.04. The van der Waals surface area contributed by atoms with Crippen molar-refractivity contribution in [1.29, 1.82) is 0 Å². The SMILES string of the molecule is Cc1cc(C(=O)CCl)c(C)n1-c1ccc(Cl)cc1. The minimum Gasteiger partial charge on any atom is -0.318 e. The summed E-state index contributed by atoms with van der Waals surface area (Å²) < 4.78 is 2.02. The molecule has 0 aliphatic carbocycles. The smallest absolute Gasteiger partial charge is 0.179 e. The van der Waals surface area contributed by atoms with Crippen molar-refractivity contribution in [3.63, 3.8) is 0 Å². The van der Waals surface area contributed by atoms with Gasteiger partial charge in [-0.3, -0.25) is 4.79 Å². The number of hydrogen-bond acceptors (Lipinski definition) is 1. The third-order valence-corrected chi connectivity index (χ3v) is 3.43. The highest BCUT2D eigenvalue weighted by molar-refractivity contribution is 6.31. The van der Waals surface area contributed by atoms with Crippen molar-refractivity contribution < 1.29 is 4.79 Å². The maximum absolute atomic E-state index is 11.7. The Labute approximate surface area is 116 Å². The Morgan fingerprint density at radius 1 is 1.22 bits per heavy atom. The minimum atomic E-state index is -0.0509. The zero-order valence-electron chi connectivity index (χ0n) is 10.2. The predicted octanol–water partition coefficient (Wildman–Crippen LogP) is 4.17. The lowest BCUT2D eigenvalue weighted by atomic mass is 10.2. The molecule has 0 atom stereocenters. The molecule has 0 bridgehead atoms. The summed E-state index contributed by atoms with van der Waals surface area (Å²) in [6.45, 7) is 3.88. The van der Waals surface area contributed by atoms with Gasteiger partial charge in [-0.15, -0.1) is 11.6 Å². The van der Waals surface area contributed by atoms with E-state index in [0.29, 0.717) is 10.6 Å². The first-order chi connectivity index (χ1) is 8.54. The van der Waals surface area contributed by atoms with E-state index in [0.717, 1.165) is 17.1 Å². The highest BCUT2D eigenvalue weighted by atomic mass is 35.5. The molecule has 94 valence electrons. The molecule has 0 amide bonds. The molecule has 2 nitrogen and oxygen atoms in total. The molecule has 0 saturated carbocycles. The van der Waals surface area contributed by atoms with Gasteiger partial charge < -0.3 is 4.57 Å². The molecule has 2 rings (SSSR count). The van der Waals surface area contributed by atoms with E-state index in [-0.39, 0.29) is 11.7 Å². The van der Waals surface area contributed by atoms with Crippen LogP contribution in [0.15, 0.2) is 30.3 Å². The maximum Gasteiger partial charge on any atom is 0.179 e. The second-order valence-electron chi connectivity index (χ2n) is 4.15. The van der Waals surface area contributed by atoms with Crippen LogP contribution in [0.25, 0.3) is 5.69 Å². The molecule has 0 unspecified atom stereocenters. The number of rotatable bonds is 3. The molecule has 1 aromatic carbocycles. The first-order valence-electron chi connectivity index (χ1n) is 5.58. The van der Waals surface area contributed by atoms with Crippen molar-refractivity contribution in [2.24, 2.45) is 0 Å². The normalized spacial score (nSPS) is 10.7. The summed E-state index contributed by atoms with van der Waals surface area (Å²) in [5.41, 5.74) is 3.57. The number of aryl methyl sites for hydroxylation is 1. The van der Waals surface area contributed by atoms with Crippen LogP contribution in [0, 0.1) is 13.8 Å². The van der Waals surface area contributed by atoms with Crippen LogP contribution in [-0.4, -0.2) is 16.2 Å². The van der Waals surface area contributed by atoms with Gasteiger partial charge in [0, 0.05) is 27.7 Å². The van der Waals surface area contributed by atoms with Crippen molar-refractivity contribution in [2.75, 3.05) is 5.88 Å². The molecular weight excluding hydrogens is 269 g/mol. The van der Waals surface area contributed by atoms with Crippen LogP contribution >= 0.6 is 23.2 Å². The lowest BCUT2D eigenvalue weighted by molar-refractivity contribution is 0.102. The first-order valence-corrected chi connectivity index (χ1v) is 6.50. The van der Waals surface area contributed by atoms with Gasteiger partial charge in [0.1, 0.15) is 0 Å². The van der Waals surface area contributed by atoms with Crippen molar-refractivity contribution in [1.82, 2.24) is 4.57 Å². The molecule has 18 heavy (non-hydrogen) atoms. The number of aromatic nitrogens is 1. The number of hydrogen-bond donors (Lipinski definition) is 0. The molecule has 2 aromatic rings. The van der Waals surface area contributed by atoms with E-state index in [9.17, 15) is 4.79 Å². The van der Waals surface area contributed by atoms with E-state index >= 15 is 0 Å². The fraction of sp³-hybridized carbons (Fsp3) is 0.214. The van der Waals surface area contributed by atoms with Gasteiger partial charge in [0.05, 0.1) is 5.88 Å². The first kappa shape index (κ1) is 13.2. The third-order valence-electron chi connectivity index (χ3n) is 2.94. The van der Waals surface area contributed by atoms with Crippen LogP contribution in [-0.2, 0) is 0 Å². The number of halogens is 2. The molecule has 0 spiro atoms. The second-order valence-corrected chi connectivity index (χ2v) is 4.86. The maximum atomic E-state index is 11.7. The molecule has 0 N–H and O–H groups in total. The van der Waals surface area contributed by atoms with E-state index in [2.05, 4.69) is 0 Å². The van der Waals surface area contributed by atoms with Crippen LogP contribution in [0.5, 0.6) is 0 Å². The third kappa shape index (κ3) is 2.31. The van der Waals surface area contributed by atoms with Crippen molar-refractivity contribution >= 4 is 29.0 Å². The summed E-state index contributed by atoms with van der Waals surface area (Å²) in [5.74, 6) is -0.0461. The number of ketones is 1. The average Bonchev–Trinajstić information content (AvgIpc) is 2.65. The molecule has 1 aromatic heterocycles. The van der Waals surface area contributed by atoms with E-state index in [1.807, 2.05) is 48.7 Å². The second kappa shape index (κ2) is 5.17. The standard InChI is InChI=1S/C14H13Cl2NO/c1-9-7-13(14(18)8-15)10(2)17(9)12-5-3-11(16)4-6-12/h3-7H,8H2,1-2H3. The number of benzene rings is 1. The van der Waals surface area contributed by atoms with Crippen LogP contribution < -0.4 is 0 Å². The topological polar surface area (TPSA) is 22.0 Å². The van der Waals surface area contributed by atoms with Crippen LogP contribution in [0.3, 0.4) is 0 Å². The van der Waals surface area contributed by atoms with Crippen LogP contribution in [0.4, 0.5) is 0 Å². The summed E-state index contributed by atoms with van der Waals surface area (Å²) in [6.07, 6.45) is 0. The van der Waals surface area contributed by atoms with Crippen molar-refractivity contribution in [3.05, 3.63) is 52.3 Å². The summed E-state index contributed by atoms with van der Waals surface area (Å²) in [5, 5.41) is 0.693. The minimum absolute atomic E-state index is 0.00487. The number of carbonyl (C=O) groups excluding carboxylic acids is 1. The van der Waals surface area contributed by atoms with E-state index in [4.69, 9.17) is 23.2 Å². The Balaban J connectivity index is 2.55. The van der Waals surface area contributed by atoms with Gasteiger partial charge in [0.2, 0.25) is 0 Å². The molecule has 0 fully saturated rings. The van der Waals surface area contributed by atoms with E-state index < -0.39 is 0 Å². The number of nitrogens with zero attached hydrogens (tertiary/aromatic N) is 1. The van der Waals surface area contributed by atoms with Crippen LogP contribution in [0.2, 0.25) is 5.02 Å². The summed E-state index contributed by atoms with van der Waals surface area (Å²) >= 11 is 11.5. The van der Waals surface area contributed by atoms with Gasteiger partial charge in [0.25, 0.3) is 0 Å². The van der Waals surface area contributed by atoms with Gasteiger partial charge in [-0.05, 0) is 44.2 Å². The molecule has 4 heteroatoms. The Bertz CT molecular complexity index is 585. The average molecular weight is 282 g/mol. The predicted molar refractivity (Wildman–Crippen MR) is 75.3 cm³/mol. The summed E-state index contributed by atoms with van der Waals surface area (Å²) in [4.78, 5) is 11.7. The Morgan fingerprint density at radius 2 is 1.83 bits per heavy atom. The number of carbonyl (C=O) groups is 1. The van der Waals surface area contributed by atoms with Crippen molar-refractivity contribution in [2.45, 2.75) is 13.8 Å². The van der Waals surface area contributed by atoms with Crippen LogP contribution in [0.1, 0.15) is 21.7 Å². The summed E-state index contributed by atoms with van der Waals surface area (Å²) in [7, 11) is 0. The lowest BCUT2D eigenvalue weighted by Gasteiger charge is -2.09. The highest BCUT2D eigenvalue weighted by Gasteiger charge is 2.15. The van der Waals surface area contributed by atoms with E-state index in [1.54, 1.807) is 0 Å². The fourth-order valence-electron chi connectivity index (χ4n) is 2.10. The fourth-order valence-corrected chi connectivity index (χ4v) is 2.37. The Hall–Kier alpha value is -1.25.